The summed E-state index contributed by atoms with van der Waals surface area (Å²) in [7, 11) is 4.66. The number of methoxy groups -OCH3 is 3. The van der Waals surface area contributed by atoms with Crippen molar-refractivity contribution in [3.8, 4) is 28.5 Å². The minimum Gasteiger partial charge on any atom is -0.495 e. The molecule has 0 saturated heterocycles. The van der Waals surface area contributed by atoms with Crippen LogP contribution < -0.4 is 24.8 Å². The molecule has 0 saturated carbocycles. The Morgan fingerprint density at radius 1 is 0.833 bits per heavy atom. The van der Waals surface area contributed by atoms with Gasteiger partial charge in [-0.3, -0.25) is 9.59 Å². The summed E-state index contributed by atoms with van der Waals surface area (Å²) >= 11 is 0. The van der Waals surface area contributed by atoms with E-state index in [0.29, 0.717) is 45.1 Å². The number of carbonyl (C=O) groups is 2. The lowest BCUT2D eigenvalue weighted by molar-refractivity contribution is -0.115. The van der Waals surface area contributed by atoms with Crippen LogP contribution in [-0.4, -0.2) is 44.7 Å². The first-order valence-corrected chi connectivity index (χ1v) is 11.3. The molecule has 4 rings (SSSR count). The lowest BCUT2D eigenvalue weighted by atomic mass is 10.0. The van der Waals surface area contributed by atoms with E-state index in [9.17, 15) is 9.59 Å². The zero-order chi connectivity index (χ0) is 25.7. The number of ether oxygens (including phenoxy) is 3. The predicted octanol–water partition coefficient (Wildman–Crippen LogP) is 4.60. The van der Waals surface area contributed by atoms with Gasteiger partial charge >= 0.3 is 0 Å². The van der Waals surface area contributed by atoms with E-state index in [1.54, 1.807) is 38.5 Å². The summed E-state index contributed by atoms with van der Waals surface area (Å²) in [6.07, 6.45) is 0. The third-order valence-corrected chi connectivity index (χ3v) is 5.68. The highest BCUT2D eigenvalue weighted by Crippen LogP contribution is 2.33. The van der Waals surface area contributed by atoms with Crippen molar-refractivity contribution in [2.45, 2.75) is 6.92 Å². The van der Waals surface area contributed by atoms with Crippen LogP contribution in [0.4, 0.5) is 5.69 Å². The normalized spacial score (nSPS) is 10.6. The largest absolute Gasteiger partial charge is 0.495 e. The van der Waals surface area contributed by atoms with Crippen LogP contribution in [0.1, 0.15) is 15.9 Å². The number of carbonyl (C=O) groups excluding carboxylic acids is 2. The summed E-state index contributed by atoms with van der Waals surface area (Å²) in [5, 5.41) is 6.19. The topological polar surface area (TPSA) is 98.8 Å². The molecule has 3 aromatic carbocycles. The van der Waals surface area contributed by atoms with E-state index in [2.05, 4.69) is 10.6 Å². The number of amides is 2. The molecule has 1 aromatic heterocycles. The molecule has 4 aromatic rings. The number of hydrogen-bond donors (Lipinski definition) is 2. The van der Waals surface area contributed by atoms with Gasteiger partial charge in [0.15, 0.2) is 11.5 Å². The number of hydrogen-bond acceptors (Lipinski definition) is 6. The van der Waals surface area contributed by atoms with Crippen LogP contribution in [0.25, 0.3) is 22.2 Å². The van der Waals surface area contributed by atoms with Gasteiger partial charge < -0.3 is 24.8 Å². The minimum absolute atomic E-state index is 0.210. The van der Waals surface area contributed by atoms with Crippen LogP contribution in [0.15, 0.2) is 66.7 Å². The second-order valence-electron chi connectivity index (χ2n) is 8.08. The molecule has 1 heterocycles. The number of aromatic nitrogens is 1. The Hall–Kier alpha value is -4.59. The maximum Gasteiger partial charge on any atom is 0.252 e. The fourth-order valence-corrected chi connectivity index (χ4v) is 3.88. The molecule has 2 amide bonds. The van der Waals surface area contributed by atoms with Crippen molar-refractivity contribution in [2.75, 3.05) is 33.2 Å². The van der Waals surface area contributed by atoms with Crippen molar-refractivity contribution in [1.82, 2.24) is 10.3 Å². The van der Waals surface area contributed by atoms with E-state index in [-0.39, 0.29) is 18.4 Å². The first-order valence-electron chi connectivity index (χ1n) is 11.3. The fourth-order valence-electron chi connectivity index (χ4n) is 3.88. The lowest BCUT2D eigenvalue weighted by Gasteiger charge is -2.13. The zero-order valence-electron chi connectivity index (χ0n) is 20.5. The number of pyridine rings is 1. The molecule has 184 valence electrons. The number of benzene rings is 3. The van der Waals surface area contributed by atoms with E-state index < -0.39 is 0 Å². The summed E-state index contributed by atoms with van der Waals surface area (Å²) in [6.45, 7) is 1.71. The second-order valence-corrected chi connectivity index (χ2v) is 8.08. The monoisotopic (exact) mass is 485 g/mol. The molecule has 0 fully saturated rings. The van der Waals surface area contributed by atoms with Gasteiger partial charge in [0.05, 0.1) is 50.3 Å². The molecule has 2 N–H and O–H groups in total. The summed E-state index contributed by atoms with van der Waals surface area (Å²) in [6, 6.07) is 20.0. The Balaban J connectivity index is 1.59. The number of nitrogens with zero attached hydrogens (tertiary/aromatic N) is 1. The van der Waals surface area contributed by atoms with Crippen molar-refractivity contribution in [3.63, 3.8) is 0 Å². The predicted molar refractivity (Wildman–Crippen MR) is 139 cm³/mol. The van der Waals surface area contributed by atoms with Crippen molar-refractivity contribution in [2.24, 2.45) is 0 Å². The SMILES string of the molecule is COc1ccc(C)cc1NC(=O)CNC(=O)c1cc(-c2ccc(OC)c(OC)c2)nc2ccccc12. The highest BCUT2D eigenvalue weighted by Gasteiger charge is 2.16. The lowest BCUT2D eigenvalue weighted by Crippen LogP contribution is -2.33. The molecular weight excluding hydrogens is 458 g/mol. The Bertz CT molecular complexity index is 1430. The van der Waals surface area contributed by atoms with Gasteiger partial charge in [-0.1, -0.05) is 24.3 Å². The highest BCUT2D eigenvalue weighted by atomic mass is 16.5. The summed E-state index contributed by atoms with van der Waals surface area (Å²) in [5.74, 6) is 0.933. The highest BCUT2D eigenvalue weighted by molar-refractivity contribution is 6.08. The Kier molecular flexibility index (Phi) is 7.34. The molecule has 0 radical (unpaired) electrons. The smallest absolute Gasteiger partial charge is 0.252 e. The minimum atomic E-state index is -0.387. The maximum atomic E-state index is 13.2. The molecule has 0 bridgehead atoms. The number of anilines is 1. The first-order chi connectivity index (χ1) is 17.4. The molecule has 0 aliphatic rings. The van der Waals surface area contributed by atoms with Gasteiger partial charge in [0.1, 0.15) is 5.75 Å². The molecule has 0 unspecified atom stereocenters. The van der Waals surface area contributed by atoms with Crippen LogP contribution in [0, 0.1) is 6.92 Å². The van der Waals surface area contributed by atoms with Crippen LogP contribution in [-0.2, 0) is 4.79 Å². The summed E-state index contributed by atoms with van der Waals surface area (Å²) in [4.78, 5) is 30.5. The van der Waals surface area contributed by atoms with Crippen LogP contribution in [0.3, 0.4) is 0 Å². The van der Waals surface area contributed by atoms with Gasteiger partial charge in [0.2, 0.25) is 5.91 Å². The first kappa shape index (κ1) is 24.5. The average molecular weight is 486 g/mol. The number of fused-ring (bicyclic) bond motifs is 1. The average Bonchev–Trinajstić information content (AvgIpc) is 2.90. The van der Waals surface area contributed by atoms with Gasteiger partial charge in [-0.15, -0.1) is 0 Å². The number of para-hydroxylation sites is 1. The Morgan fingerprint density at radius 3 is 2.31 bits per heavy atom. The van der Waals surface area contributed by atoms with E-state index in [4.69, 9.17) is 19.2 Å². The van der Waals surface area contributed by atoms with E-state index >= 15 is 0 Å². The molecule has 0 spiro atoms. The van der Waals surface area contributed by atoms with Gasteiger partial charge in [-0.25, -0.2) is 4.98 Å². The van der Waals surface area contributed by atoms with Gasteiger partial charge in [0, 0.05) is 10.9 Å². The van der Waals surface area contributed by atoms with Crippen molar-refractivity contribution in [1.29, 1.82) is 0 Å². The van der Waals surface area contributed by atoms with Crippen molar-refractivity contribution >= 4 is 28.4 Å². The molecule has 36 heavy (non-hydrogen) atoms. The summed E-state index contributed by atoms with van der Waals surface area (Å²) < 4.78 is 16.0. The van der Waals surface area contributed by atoms with Crippen molar-refractivity contribution < 1.29 is 23.8 Å². The van der Waals surface area contributed by atoms with Gasteiger partial charge in [-0.2, -0.15) is 0 Å². The van der Waals surface area contributed by atoms with Crippen LogP contribution in [0.2, 0.25) is 0 Å². The van der Waals surface area contributed by atoms with Crippen LogP contribution >= 0.6 is 0 Å². The number of rotatable bonds is 8. The van der Waals surface area contributed by atoms with E-state index in [0.717, 1.165) is 11.1 Å². The zero-order valence-corrected chi connectivity index (χ0v) is 20.5. The molecule has 0 atom stereocenters. The van der Waals surface area contributed by atoms with E-state index in [1.165, 1.54) is 7.11 Å². The standard InChI is InChI=1S/C28H27N3O5/c1-17-9-11-24(34-2)23(13-17)31-27(32)16-29-28(33)20-15-22(30-21-8-6-5-7-19(20)21)18-10-12-25(35-3)26(14-18)36-4/h5-15H,16H2,1-4H3,(H,29,33)(H,31,32). The quantitative estimate of drug-likeness (QED) is 0.378. The third kappa shape index (κ3) is 5.22. The summed E-state index contributed by atoms with van der Waals surface area (Å²) in [5.41, 5.74) is 3.93. The van der Waals surface area contributed by atoms with Gasteiger partial charge in [-0.05, 0) is 55.0 Å². The maximum absolute atomic E-state index is 13.2. The fraction of sp³-hybridized carbons (Fsp3) is 0.179. The molecule has 0 aliphatic heterocycles. The molecular formula is C28H27N3O5. The molecule has 0 aliphatic carbocycles. The molecule has 8 nitrogen and oxygen atoms in total. The Labute approximate surface area is 209 Å². The van der Waals surface area contributed by atoms with Gasteiger partial charge in [0.25, 0.3) is 5.91 Å². The number of nitrogens with one attached hydrogen (secondary N) is 2. The van der Waals surface area contributed by atoms with Crippen LogP contribution in [0.5, 0.6) is 17.2 Å². The number of aryl methyl sites for hydroxylation is 1. The van der Waals surface area contributed by atoms with E-state index in [1.807, 2.05) is 49.4 Å². The Morgan fingerprint density at radius 2 is 1.56 bits per heavy atom. The third-order valence-electron chi connectivity index (χ3n) is 5.68. The second kappa shape index (κ2) is 10.8. The van der Waals surface area contributed by atoms with Crippen molar-refractivity contribution in [3.05, 3.63) is 77.9 Å². The molecule has 8 heteroatoms.